The molecule has 1 aromatic heterocycles. The summed E-state index contributed by atoms with van der Waals surface area (Å²) in [7, 11) is 0. The van der Waals surface area contributed by atoms with Crippen molar-refractivity contribution < 1.29 is 0 Å². The van der Waals surface area contributed by atoms with Crippen molar-refractivity contribution in [3.05, 3.63) is 72.8 Å². The van der Waals surface area contributed by atoms with Gasteiger partial charge in [-0.1, -0.05) is 0 Å². The van der Waals surface area contributed by atoms with Gasteiger partial charge in [-0.25, -0.2) is 0 Å². The molecule has 0 fully saturated rings. The molecule has 4 rings (SSSR count). The first-order valence-corrected chi connectivity index (χ1v) is 7.09. The minimum absolute atomic E-state index is 1.15. The fourth-order valence-corrected chi connectivity index (χ4v) is 2.97. The SMILES string of the molecule is C=Bc1ccc2c(c1)c1ccccc1n2-c1ccccc1. The Labute approximate surface area is 124 Å². The summed E-state index contributed by atoms with van der Waals surface area (Å²) < 4.78 is 2.32. The van der Waals surface area contributed by atoms with E-state index in [1.54, 1.807) is 0 Å². The molecule has 3 aromatic carbocycles. The van der Waals surface area contributed by atoms with Crippen LogP contribution in [0.1, 0.15) is 0 Å². The second-order valence-corrected chi connectivity index (χ2v) is 5.17. The average Bonchev–Trinajstić information content (AvgIpc) is 2.89. The molecule has 4 aromatic rings. The van der Waals surface area contributed by atoms with Gasteiger partial charge >= 0.3 is 124 Å². The van der Waals surface area contributed by atoms with Crippen LogP contribution in [0.25, 0.3) is 27.5 Å². The van der Waals surface area contributed by atoms with E-state index >= 15 is 0 Å². The molecule has 0 spiro atoms. The Balaban J connectivity index is 2.20. The third kappa shape index (κ3) is 1.84. The first-order valence-electron chi connectivity index (χ1n) is 7.09. The molecular formula is C19H14BN. The molecule has 0 N–H and O–H groups in total. The predicted octanol–water partition coefficient (Wildman–Crippen LogP) is 3.55. The number of nitrogens with zero attached hydrogens (tertiary/aromatic N) is 1. The molecule has 0 saturated carbocycles. The van der Waals surface area contributed by atoms with Crippen LogP contribution in [0.15, 0.2) is 72.8 Å². The summed E-state index contributed by atoms with van der Waals surface area (Å²) in [5.74, 6) is 0. The zero-order valence-corrected chi connectivity index (χ0v) is 11.7. The average molecular weight is 267 g/mol. The Bertz CT molecular complexity index is 951. The molecule has 0 saturated heterocycles. The standard InChI is InChI=1S/C19H14BN/c1-20-14-11-12-19-17(13-14)16-9-5-6-10-18(16)21(19)15-7-3-2-4-8-15/h2-13H,1H2. The van der Waals surface area contributed by atoms with Gasteiger partial charge in [-0.15, -0.1) is 0 Å². The van der Waals surface area contributed by atoms with Crippen molar-refractivity contribution in [1.29, 1.82) is 0 Å². The van der Waals surface area contributed by atoms with E-state index in [4.69, 9.17) is 0 Å². The van der Waals surface area contributed by atoms with Crippen molar-refractivity contribution in [3.8, 4) is 5.69 Å². The van der Waals surface area contributed by atoms with E-state index in [1.165, 1.54) is 27.5 Å². The summed E-state index contributed by atoms with van der Waals surface area (Å²) in [5, 5.41) is 2.55. The molecular weight excluding hydrogens is 253 g/mol. The monoisotopic (exact) mass is 267 g/mol. The van der Waals surface area contributed by atoms with Crippen molar-refractivity contribution in [1.82, 2.24) is 4.57 Å². The molecule has 0 amide bonds. The van der Waals surface area contributed by atoms with Crippen molar-refractivity contribution in [3.63, 3.8) is 0 Å². The number of hydrogen-bond donors (Lipinski definition) is 0. The molecule has 2 heteroatoms. The second kappa shape index (κ2) is 4.74. The van der Waals surface area contributed by atoms with E-state index in [0.717, 1.165) is 5.46 Å². The molecule has 1 nitrogen and oxygen atoms in total. The van der Waals surface area contributed by atoms with E-state index in [0.29, 0.717) is 0 Å². The van der Waals surface area contributed by atoms with Crippen LogP contribution >= 0.6 is 0 Å². The predicted molar refractivity (Wildman–Crippen MR) is 93.3 cm³/mol. The molecule has 1 heterocycles. The van der Waals surface area contributed by atoms with Crippen LogP contribution in [-0.4, -0.2) is 18.0 Å². The van der Waals surface area contributed by atoms with Gasteiger partial charge in [0.25, 0.3) is 0 Å². The summed E-state index contributed by atoms with van der Waals surface area (Å²) in [6.45, 7) is 5.77. The maximum absolute atomic E-state index is 3.88. The number of rotatable bonds is 2. The van der Waals surface area contributed by atoms with Gasteiger partial charge < -0.3 is 0 Å². The molecule has 0 aliphatic heterocycles. The molecule has 0 bridgehead atoms. The van der Waals surface area contributed by atoms with E-state index in [1.807, 2.05) is 13.0 Å². The van der Waals surface area contributed by atoms with Gasteiger partial charge in [0.15, 0.2) is 0 Å². The molecule has 98 valence electrons. The van der Waals surface area contributed by atoms with Crippen LogP contribution in [0.4, 0.5) is 0 Å². The second-order valence-electron chi connectivity index (χ2n) is 5.17. The Morgan fingerprint density at radius 2 is 1.43 bits per heavy atom. The van der Waals surface area contributed by atoms with Gasteiger partial charge in [0.05, 0.1) is 0 Å². The summed E-state index contributed by atoms with van der Waals surface area (Å²) in [4.78, 5) is 0. The molecule has 0 unspecified atom stereocenters. The molecule has 21 heavy (non-hydrogen) atoms. The summed E-state index contributed by atoms with van der Waals surface area (Å²) in [5.41, 5.74) is 4.81. The van der Waals surface area contributed by atoms with Crippen LogP contribution in [0.5, 0.6) is 0 Å². The third-order valence-corrected chi connectivity index (χ3v) is 3.95. The van der Waals surface area contributed by atoms with Crippen LogP contribution < -0.4 is 5.46 Å². The molecule has 0 aliphatic carbocycles. The van der Waals surface area contributed by atoms with Gasteiger partial charge in [0.1, 0.15) is 0 Å². The van der Waals surface area contributed by atoms with Crippen molar-refractivity contribution in [2.24, 2.45) is 0 Å². The first-order chi connectivity index (χ1) is 10.4. The Kier molecular flexibility index (Phi) is 2.75. The van der Waals surface area contributed by atoms with Crippen LogP contribution in [0.3, 0.4) is 0 Å². The topological polar surface area (TPSA) is 4.93 Å². The fraction of sp³-hybridized carbons (Fsp3) is 0. The van der Waals surface area contributed by atoms with Gasteiger partial charge in [-0.2, -0.15) is 0 Å². The number of fused-ring (bicyclic) bond motifs is 3. The minimum atomic E-state index is 1.15. The van der Waals surface area contributed by atoms with Crippen LogP contribution in [0.2, 0.25) is 0 Å². The van der Waals surface area contributed by atoms with E-state index in [-0.39, 0.29) is 0 Å². The molecule has 0 atom stereocenters. The van der Waals surface area contributed by atoms with Crippen LogP contribution in [0, 0.1) is 0 Å². The maximum atomic E-state index is 3.88. The normalized spacial score (nSPS) is 10.9. The number of para-hydroxylation sites is 2. The molecule has 0 aliphatic rings. The van der Waals surface area contributed by atoms with Crippen molar-refractivity contribution >= 4 is 40.7 Å². The van der Waals surface area contributed by atoms with E-state index in [9.17, 15) is 0 Å². The Hall–Kier alpha value is -2.61. The fourth-order valence-electron chi connectivity index (χ4n) is 2.97. The van der Waals surface area contributed by atoms with E-state index in [2.05, 4.69) is 77.8 Å². The Morgan fingerprint density at radius 1 is 0.714 bits per heavy atom. The van der Waals surface area contributed by atoms with Gasteiger partial charge in [-0.05, 0) is 0 Å². The van der Waals surface area contributed by atoms with Gasteiger partial charge in [-0.3, -0.25) is 0 Å². The van der Waals surface area contributed by atoms with Gasteiger partial charge in [0, 0.05) is 0 Å². The summed E-state index contributed by atoms with van der Waals surface area (Å²) in [6.07, 6.45) is 0. The van der Waals surface area contributed by atoms with Crippen molar-refractivity contribution in [2.75, 3.05) is 0 Å². The summed E-state index contributed by atoms with van der Waals surface area (Å²) in [6, 6.07) is 25.6. The number of benzene rings is 3. The quantitative estimate of drug-likeness (QED) is 0.489. The first kappa shape index (κ1) is 12.2. The zero-order valence-electron chi connectivity index (χ0n) is 11.7. The number of aromatic nitrogens is 1. The molecule has 0 radical (unpaired) electrons. The number of hydrogen-bond acceptors (Lipinski definition) is 0. The Morgan fingerprint density at radius 3 is 2.24 bits per heavy atom. The van der Waals surface area contributed by atoms with E-state index < -0.39 is 0 Å². The van der Waals surface area contributed by atoms with Gasteiger partial charge in [0.2, 0.25) is 0 Å². The zero-order chi connectivity index (χ0) is 14.2. The third-order valence-electron chi connectivity index (χ3n) is 3.95. The van der Waals surface area contributed by atoms with Crippen LogP contribution in [-0.2, 0) is 0 Å². The summed E-state index contributed by atoms with van der Waals surface area (Å²) >= 11 is 0. The van der Waals surface area contributed by atoms with Crippen molar-refractivity contribution in [2.45, 2.75) is 0 Å².